The summed E-state index contributed by atoms with van der Waals surface area (Å²) in [5.74, 6) is -4.00. The largest absolute Gasteiger partial charge is 0.420 e. The number of hydrogen-bond donors (Lipinski definition) is 4. The Morgan fingerprint density at radius 1 is 0.806 bits per heavy atom. The Morgan fingerprint density at radius 3 is 1.45 bits per heavy atom. The molecule has 0 bridgehead atoms. The highest BCUT2D eigenvalue weighted by Crippen LogP contribution is 2.33. The molecule has 0 amide bonds. The fraction of sp³-hybridized carbons (Fsp3) is 0.667. The lowest BCUT2D eigenvalue weighted by Crippen LogP contribution is -2.52. The number of Topliss-reactive ketones (excluding diaryl/α,β-unsaturated/α-hetero) is 1. The third-order valence-electron chi connectivity index (χ3n) is 3.80. The topological polar surface area (TPSA) is 261 Å². The summed E-state index contributed by atoms with van der Waals surface area (Å²) in [5, 5.41) is 0. The lowest BCUT2D eigenvalue weighted by atomic mass is 10.1. The van der Waals surface area contributed by atoms with Crippen LogP contribution in [0.15, 0.2) is 11.6 Å². The van der Waals surface area contributed by atoms with Crippen molar-refractivity contribution < 1.29 is 66.2 Å². The maximum atomic E-state index is 12.3. The van der Waals surface area contributed by atoms with E-state index in [1.54, 1.807) is 0 Å². The van der Waals surface area contributed by atoms with Crippen molar-refractivity contribution in [2.75, 3.05) is 0 Å². The van der Waals surface area contributed by atoms with Gasteiger partial charge in [0, 0.05) is 18.4 Å². The highest BCUT2D eigenvalue weighted by molar-refractivity contribution is 8.07. The van der Waals surface area contributed by atoms with Gasteiger partial charge in [-0.15, -0.1) is 0 Å². The number of esters is 1. The molecule has 0 spiro atoms. The van der Waals surface area contributed by atoms with Crippen molar-refractivity contribution >= 4 is 52.2 Å². The monoisotopic (exact) mass is 532 g/mol. The third-order valence-corrected chi connectivity index (χ3v) is 10.7. The van der Waals surface area contributed by atoms with Crippen LogP contribution in [-0.4, -0.2) is 72.0 Å². The summed E-state index contributed by atoms with van der Waals surface area (Å²) in [4.78, 5) is 24.3. The van der Waals surface area contributed by atoms with Crippen LogP contribution in [0, 0.1) is 0 Å². The Hall–Kier alpha value is -1.48. The van der Waals surface area contributed by atoms with Gasteiger partial charge in [-0.3, -0.25) is 23.0 Å². The molecule has 0 rings (SSSR count). The average Bonchev–Trinajstić information content (AvgIpc) is 2.53. The molecule has 0 aliphatic carbocycles. The Labute approximate surface area is 178 Å². The van der Waals surface area contributed by atoms with Crippen LogP contribution in [-0.2, 0) is 54.8 Å². The maximum Gasteiger partial charge on any atom is 0.360 e. The van der Waals surface area contributed by atoms with Gasteiger partial charge in [-0.05, 0) is 19.4 Å². The van der Waals surface area contributed by atoms with Crippen molar-refractivity contribution in [2.45, 2.75) is 48.4 Å². The fourth-order valence-corrected chi connectivity index (χ4v) is 7.25. The van der Waals surface area contributed by atoms with E-state index < -0.39 is 85.4 Å². The first-order valence-electron chi connectivity index (χ1n) is 7.90. The van der Waals surface area contributed by atoms with Crippen LogP contribution in [0.3, 0.4) is 0 Å². The van der Waals surface area contributed by atoms with E-state index in [0.29, 0.717) is 6.92 Å². The van der Waals surface area contributed by atoms with Crippen LogP contribution in [0.4, 0.5) is 0 Å². The molecule has 0 heterocycles. The minimum atomic E-state index is -6.04. The van der Waals surface area contributed by atoms with Crippen LogP contribution in [0.2, 0.25) is 0 Å². The van der Waals surface area contributed by atoms with E-state index in [1.807, 2.05) is 0 Å². The number of carbonyl (C=O) groups excluding carboxylic acids is 2. The molecule has 0 aromatic rings. The summed E-state index contributed by atoms with van der Waals surface area (Å²) in [6, 6.07) is 0. The molecule has 0 saturated carbocycles. The summed E-state index contributed by atoms with van der Waals surface area (Å²) >= 11 is 0. The Kier molecular flexibility index (Phi) is 8.74. The Bertz CT molecular complexity index is 1120. The lowest BCUT2D eigenvalue weighted by molar-refractivity contribution is -0.143. The average molecular weight is 533 g/mol. The number of ether oxygens (including phenoxy) is 1. The maximum absolute atomic E-state index is 12.3. The van der Waals surface area contributed by atoms with Gasteiger partial charge in [0.2, 0.25) is 0 Å². The zero-order valence-corrected chi connectivity index (χ0v) is 19.4. The van der Waals surface area contributed by atoms with Crippen molar-refractivity contribution in [3.8, 4) is 0 Å². The van der Waals surface area contributed by atoms with Gasteiger partial charge in [0.25, 0.3) is 24.3 Å². The second kappa shape index (κ2) is 9.17. The molecule has 0 aromatic heterocycles. The molecule has 0 atom stereocenters. The molecule has 0 aromatic carbocycles. The molecule has 0 saturated heterocycles. The Balaban J connectivity index is 7.05. The first-order chi connectivity index (χ1) is 13.6. The van der Waals surface area contributed by atoms with Gasteiger partial charge in [0.05, 0.1) is 0 Å². The van der Waals surface area contributed by atoms with Crippen LogP contribution in [0.25, 0.3) is 0 Å². The zero-order valence-electron chi connectivity index (χ0n) is 16.1. The standard InChI is InChI=1S/C12H20O15S4/c1-4-6-12(30(21,22)23,31(24,25)26)27-10(14)8(3)7-11(9(13)5-2,28(15,16)17)29(18,19)20/h7H,4-6H2,1-3H3,(H,15,16,17)(H,18,19,20)(H,21,22,23)(H,24,25,26)/b8-7+. The van der Waals surface area contributed by atoms with E-state index in [0.717, 1.165) is 13.8 Å². The molecule has 182 valence electrons. The summed E-state index contributed by atoms with van der Waals surface area (Å²) < 4.78 is 126. The van der Waals surface area contributed by atoms with Crippen LogP contribution < -0.4 is 0 Å². The molecular weight excluding hydrogens is 512 g/mol. The van der Waals surface area contributed by atoms with Crippen molar-refractivity contribution in [3.63, 3.8) is 0 Å². The molecule has 0 fully saturated rings. The third kappa shape index (κ3) is 5.48. The number of carbonyl (C=O) groups is 2. The Morgan fingerprint density at radius 2 is 1.19 bits per heavy atom. The van der Waals surface area contributed by atoms with E-state index in [1.165, 1.54) is 0 Å². The number of hydrogen-bond acceptors (Lipinski definition) is 11. The van der Waals surface area contributed by atoms with Crippen molar-refractivity contribution in [1.82, 2.24) is 0 Å². The van der Waals surface area contributed by atoms with Crippen molar-refractivity contribution in [1.29, 1.82) is 0 Å². The van der Waals surface area contributed by atoms with Gasteiger partial charge in [-0.25, -0.2) is 4.79 Å². The van der Waals surface area contributed by atoms with Gasteiger partial charge in [-0.2, -0.15) is 33.7 Å². The van der Waals surface area contributed by atoms with E-state index >= 15 is 0 Å². The lowest BCUT2D eigenvalue weighted by Gasteiger charge is -2.27. The molecule has 15 nitrogen and oxygen atoms in total. The van der Waals surface area contributed by atoms with Crippen LogP contribution >= 0.6 is 0 Å². The fourth-order valence-electron chi connectivity index (χ4n) is 2.32. The van der Waals surface area contributed by atoms with Crippen LogP contribution in [0.1, 0.15) is 40.0 Å². The number of rotatable bonds is 11. The predicted molar refractivity (Wildman–Crippen MR) is 102 cm³/mol. The van der Waals surface area contributed by atoms with Gasteiger partial charge in [0.1, 0.15) is 0 Å². The minimum absolute atomic E-state index is 0.309. The quantitative estimate of drug-likeness (QED) is 0.143. The van der Waals surface area contributed by atoms with E-state index in [-0.39, 0.29) is 6.08 Å². The van der Waals surface area contributed by atoms with E-state index in [2.05, 4.69) is 4.74 Å². The first kappa shape index (κ1) is 29.5. The van der Waals surface area contributed by atoms with E-state index in [9.17, 15) is 61.5 Å². The predicted octanol–water partition coefficient (Wildman–Crippen LogP) is -0.844. The van der Waals surface area contributed by atoms with Crippen molar-refractivity contribution in [3.05, 3.63) is 11.6 Å². The minimum Gasteiger partial charge on any atom is -0.420 e. The first-order valence-corrected chi connectivity index (χ1v) is 13.7. The zero-order chi connectivity index (χ0) is 25.3. The van der Waals surface area contributed by atoms with Gasteiger partial charge in [-0.1, -0.05) is 13.8 Å². The molecule has 0 aliphatic rings. The summed E-state index contributed by atoms with van der Waals surface area (Å²) in [5.41, 5.74) is -1.31. The summed E-state index contributed by atoms with van der Waals surface area (Å²) in [7, 11) is -23.9. The SMILES string of the molecule is CCCC(OC(=O)/C(C)=C/C(C(=O)CC)(S(=O)(=O)O)S(=O)(=O)O)(S(=O)(=O)O)S(=O)(=O)O. The second-order valence-electron chi connectivity index (χ2n) is 5.99. The van der Waals surface area contributed by atoms with E-state index in [4.69, 9.17) is 0 Å². The molecule has 0 unspecified atom stereocenters. The molecule has 4 N–H and O–H groups in total. The second-order valence-corrected chi connectivity index (χ2v) is 12.9. The highest BCUT2D eigenvalue weighted by Gasteiger charge is 2.60. The van der Waals surface area contributed by atoms with Crippen molar-refractivity contribution in [2.24, 2.45) is 0 Å². The van der Waals surface area contributed by atoms with Gasteiger partial charge in [0.15, 0.2) is 5.78 Å². The molecule has 0 radical (unpaired) electrons. The van der Waals surface area contributed by atoms with Crippen LogP contribution in [0.5, 0.6) is 0 Å². The molecule has 19 heteroatoms. The van der Waals surface area contributed by atoms with Gasteiger partial charge < -0.3 is 4.74 Å². The normalized spacial score (nSPS) is 14.9. The summed E-state index contributed by atoms with van der Waals surface area (Å²) in [6.07, 6.45) is -2.88. The number of ketones is 1. The van der Waals surface area contributed by atoms with Gasteiger partial charge >= 0.3 is 30.5 Å². The molecule has 31 heavy (non-hydrogen) atoms. The smallest absolute Gasteiger partial charge is 0.360 e. The molecule has 0 aliphatic heterocycles. The molecular formula is C12H20O15S4. The summed E-state index contributed by atoms with van der Waals surface area (Å²) in [6.45, 7) is 2.59. The highest BCUT2D eigenvalue weighted by atomic mass is 32.3.